The van der Waals surface area contributed by atoms with E-state index in [1.165, 1.54) is 17.0 Å². The molecule has 4 aliphatic rings. The van der Waals surface area contributed by atoms with E-state index in [0.29, 0.717) is 42.6 Å². The predicted octanol–water partition coefficient (Wildman–Crippen LogP) is 2.65. The molecule has 53 heavy (non-hydrogen) atoms. The normalized spacial score (nSPS) is 27.1. The number of aromatic amines is 1. The summed E-state index contributed by atoms with van der Waals surface area (Å²) in [5, 5.41) is 12.4. The van der Waals surface area contributed by atoms with Crippen molar-refractivity contribution >= 4 is 44.7 Å². The SMILES string of the molecule is Cc1cc(C(=O)N[C@H]2CCCCCC=C[C@@H]3C[C@@]3(C(=O)NS(=O)(=O)C3(C)CC3)NC(=O)[C@@H]3C[C@@H](Oc4nc5c(F)cccc5nc4C)CN3C2=O)n[nH]1. The summed E-state index contributed by atoms with van der Waals surface area (Å²) in [6.45, 7) is 4.87. The number of aromatic nitrogens is 4. The maximum absolute atomic E-state index is 14.7. The first-order valence-corrected chi connectivity index (χ1v) is 19.5. The van der Waals surface area contributed by atoms with Gasteiger partial charge in [0.15, 0.2) is 5.82 Å². The van der Waals surface area contributed by atoms with Crippen molar-refractivity contribution in [3.05, 3.63) is 59.3 Å². The maximum atomic E-state index is 14.7. The van der Waals surface area contributed by atoms with E-state index in [-0.39, 0.29) is 42.9 Å². The molecule has 17 heteroatoms. The van der Waals surface area contributed by atoms with Gasteiger partial charge in [0.05, 0.1) is 16.8 Å². The van der Waals surface area contributed by atoms with Crippen LogP contribution < -0.4 is 20.1 Å². The molecule has 2 aliphatic carbocycles. The highest BCUT2D eigenvalue weighted by atomic mass is 32.2. The van der Waals surface area contributed by atoms with Crippen molar-refractivity contribution in [3.63, 3.8) is 0 Å². The number of amides is 4. The van der Waals surface area contributed by atoms with Crippen LogP contribution in [0, 0.1) is 25.6 Å². The van der Waals surface area contributed by atoms with Gasteiger partial charge in [-0.1, -0.05) is 31.1 Å². The molecule has 5 atom stereocenters. The van der Waals surface area contributed by atoms with Gasteiger partial charge >= 0.3 is 0 Å². The highest BCUT2D eigenvalue weighted by Crippen LogP contribution is 2.47. The molecule has 7 rings (SSSR count). The van der Waals surface area contributed by atoms with Crippen LogP contribution in [0.25, 0.3) is 11.0 Å². The number of benzene rings is 1. The number of nitrogens with one attached hydrogen (secondary N) is 4. The van der Waals surface area contributed by atoms with Gasteiger partial charge in [0, 0.05) is 18.0 Å². The fourth-order valence-corrected chi connectivity index (χ4v) is 8.41. The summed E-state index contributed by atoms with van der Waals surface area (Å²) in [7, 11) is -4.01. The van der Waals surface area contributed by atoms with Crippen molar-refractivity contribution in [3.8, 4) is 5.88 Å². The number of carbonyl (C=O) groups is 4. The highest BCUT2D eigenvalue weighted by Gasteiger charge is 2.63. The number of hydrogen-bond donors (Lipinski definition) is 4. The number of aryl methyl sites for hydroxylation is 2. The Morgan fingerprint density at radius 2 is 1.91 bits per heavy atom. The van der Waals surface area contributed by atoms with Crippen molar-refractivity contribution in [2.75, 3.05) is 6.54 Å². The second-order valence-electron chi connectivity index (χ2n) is 14.9. The number of halogens is 1. The van der Waals surface area contributed by atoms with Gasteiger partial charge in [-0.2, -0.15) is 5.10 Å². The number of ether oxygens (including phenoxy) is 1. The summed E-state index contributed by atoms with van der Waals surface area (Å²) in [5.41, 5.74) is -0.0749. The highest BCUT2D eigenvalue weighted by molar-refractivity contribution is 7.91. The molecule has 0 unspecified atom stereocenters. The molecule has 1 aromatic carbocycles. The van der Waals surface area contributed by atoms with Crippen LogP contribution in [0.5, 0.6) is 5.88 Å². The van der Waals surface area contributed by atoms with Gasteiger partial charge in [-0.05, 0) is 77.5 Å². The minimum absolute atomic E-state index is 0.00179. The number of sulfonamides is 1. The summed E-state index contributed by atoms with van der Waals surface area (Å²) in [5.74, 6) is -3.63. The molecule has 0 spiro atoms. The zero-order valence-corrected chi connectivity index (χ0v) is 30.6. The number of rotatable bonds is 7. The van der Waals surface area contributed by atoms with Crippen LogP contribution in [-0.4, -0.2) is 92.1 Å². The summed E-state index contributed by atoms with van der Waals surface area (Å²) < 4.78 is 48.3. The number of nitrogens with zero attached hydrogens (tertiary/aromatic N) is 4. The molecule has 0 radical (unpaired) electrons. The van der Waals surface area contributed by atoms with Crippen LogP contribution in [0.2, 0.25) is 0 Å². The molecule has 2 aliphatic heterocycles. The molecule has 4 amide bonds. The largest absolute Gasteiger partial charge is 0.471 e. The lowest BCUT2D eigenvalue weighted by Crippen LogP contribution is -2.58. The average molecular weight is 751 g/mol. The summed E-state index contributed by atoms with van der Waals surface area (Å²) in [6, 6.07) is 3.76. The Morgan fingerprint density at radius 1 is 1.11 bits per heavy atom. The molecule has 4 N–H and O–H groups in total. The predicted molar refractivity (Wildman–Crippen MR) is 189 cm³/mol. The van der Waals surface area contributed by atoms with E-state index in [9.17, 15) is 32.0 Å². The fraction of sp³-hybridized carbons (Fsp3) is 0.528. The Morgan fingerprint density at radius 3 is 2.64 bits per heavy atom. The number of fused-ring (bicyclic) bond motifs is 3. The lowest BCUT2D eigenvalue weighted by Gasteiger charge is -2.30. The molecule has 0 bridgehead atoms. The van der Waals surface area contributed by atoms with E-state index < -0.39 is 73.9 Å². The van der Waals surface area contributed by atoms with Crippen molar-refractivity contribution in [2.24, 2.45) is 5.92 Å². The first kappa shape index (κ1) is 36.4. The molecule has 1 saturated heterocycles. The number of para-hydroxylation sites is 1. The Hall–Kier alpha value is -4.93. The smallest absolute Gasteiger partial charge is 0.272 e. The van der Waals surface area contributed by atoms with E-state index in [1.54, 1.807) is 32.9 Å². The minimum Gasteiger partial charge on any atom is -0.471 e. The van der Waals surface area contributed by atoms with Crippen molar-refractivity contribution < 1.29 is 36.7 Å². The third kappa shape index (κ3) is 7.22. The second kappa shape index (κ2) is 13.8. The molecule has 282 valence electrons. The third-order valence-corrected chi connectivity index (χ3v) is 12.9. The van der Waals surface area contributed by atoms with Crippen LogP contribution in [0.4, 0.5) is 4.39 Å². The van der Waals surface area contributed by atoms with Gasteiger partial charge in [0.25, 0.3) is 11.8 Å². The lowest BCUT2D eigenvalue weighted by molar-refractivity contribution is -0.141. The minimum atomic E-state index is -4.01. The molecule has 3 aromatic rings. The zero-order chi connectivity index (χ0) is 37.7. The number of carbonyl (C=O) groups excluding carboxylic acids is 4. The molecule has 4 heterocycles. The van der Waals surface area contributed by atoms with Crippen molar-refractivity contribution in [2.45, 2.75) is 107 Å². The molecular weight excluding hydrogens is 708 g/mol. The Labute approximate surface area is 306 Å². The van der Waals surface area contributed by atoms with Crippen LogP contribution in [0.15, 0.2) is 36.4 Å². The summed E-state index contributed by atoms with van der Waals surface area (Å²) in [4.78, 5) is 66.0. The molecule has 15 nitrogen and oxygen atoms in total. The Balaban J connectivity index is 1.20. The van der Waals surface area contributed by atoms with Crippen LogP contribution >= 0.6 is 0 Å². The van der Waals surface area contributed by atoms with Gasteiger partial charge in [0.2, 0.25) is 27.7 Å². The summed E-state index contributed by atoms with van der Waals surface area (Å²) in [6.07, 6.45) is 6.98. The van der Waals surface area contributed by atoms with E-state index in [4.69, 9.17) is 4.74 Å². The monoisotopic (exact) mass is 750 g/mol. The van der Waals surface area contributed by atoms with Gasteiger partial charge in [-0.25, -0.2) is 22.8 Å². The van der Waals surface area contributed by atoms with Crippen LogP contribution in [0.3, 0.4) is 0 Å². The van der Waals surface area contributed by atoms with E-state index >= 15 is 0 Å². The first-order valence-electron chi connectivity index (χ1n) is 18.0. The molecule has 2 aromatic heterocycles. The average Bonchev–Trinajstić information content (AvgIpc) is 3.91. The summed E-state index contributed by atoms with van der Waals surface area (Å²) >= 11 is 0. The fourth-order valence-electron chi connectivity index (χ4n) is 7.10. The molecule has 2 saturated carbocycles. The topological polar surface area (TPSA) is 205 Å². The number of H-pyrrole nitrogens is 1. The Kier molecular flexibility index (Phi) is 9.49. The van der Waals surface area contributed by atoms with E-state index in [1.807, 2.05) is 12.2 Å². The van der Waals surface area contributed by atoms with Gasteiger partial charge in [-0.3, -0.25) is 29.0 Å². The van der Waals surface area contributed by atoms with Crippen molar-refractivity contribution in [1.29, 1.82) is 0 Å². The van der Waals surface area contributed by atoms with Crippen LogP contribution in [-0.2, 0) is 24.4 Å². The maximum Gasteiger partial charge on any atom is 0.272 e. The second-order valence-corrected chi connectivity index (χ2v) is 17.1. The van der Waals surface area contributed by atoms with Gasteiger partial charge in [-0.15, -0.1) is 0 Å². The lowest BCUT2D eigenvalue weighted by atomic mass is 10.0. The van der Waals surface area contributed by atoms with Crippen LogP contribution in [0.1, 0.15) is 86.6 Å². The zero-order valence-electron chi connectivity index (χ0n) is 29.8. The van der Waals surface area contributed by atoms with Crippen molar-refractivity contribution in [1.82, 2.24) is 40.4 Å². The quantitative estimate of drug-likeness (QED) is 0.260. The number of allylic oxidation sites excluding steroid dienone is 1. The first-order chi connectivity index (χ1) is 25.2. The van der Waals surface area contributed by atoms with Gasteiger partial charge < -0.3 is 20.3 Å². The number of hydrogen-bond acceptors (Lipinski definition) is 10. The van der Waals surface area contributed by atoms with E-state index in [2.05, 4.69) is 35.5 Å². The van der Waals surface area contributed by atoms with E-state index in [0.717, 1.165) is 12.8 Å². The molecule has 3 fully saturated rings. The standard InChI is InChI=1S/C36H43FN8O7S/c1-20-16-27(43-42-20)30(46)39-26-12-8-6-4-5-7-10-22-18-36(22,34(49)44-53(50,51)35(3)14-15-35)41-31(47)28-17-23(19-45(28)33(26)48)52-32-21(2)38-25-13-9-11-24(37)29(25)40-32/h7,9-11,13,16,22-23,26,28H,4-6,8,12,14-15,17-19H2,1-3H3,(H,39,46)(H,41,47)(H,42,43)(H,44,49)/t22-,23-,26+,28+,36-/m1/s1. The third-order valence-electron chi connectivity index (χ3n) is 10.8. The Bertz CT molecular complexity index is 2120. The van der Waals surface area contributed by atoms with Gasteiger partial charge in [0.1, 0.15) is 40.6 Å². The molecular formula is C36H43FN8O7S.